The number of halogens is 1. The summed E-state index contributed by atoms with van der Waals surface area (Å²) >= 11 is 5.24. The second-order valence-electron chi connectivity index (χ2n) is 3.51. The normalized spacial score (nSPS) is 15.5. The smallest absolute Gasteiger partial charge is 0.254 e. The molecule has 3 nitrogen and oxygen atoms in total. The Labute approximate surface area is 86.3 Å². The summed E-state index contributed by atoms with van der Waals surface area (Å²) in [6, 6.07) is 3.78. The molecule has 1 aromatic heterocycles. The maximum Gasteiger partial charge on any atom is 0.254 e. The molecule has 1 aliphatic rings. The van der Waals surface area contributed by atoms with Gasteiger partial charge in [-0.1, -0.05) is 6.07 Å². The average molecular weight is 212 g/mol. The van der Waals surface area contributed by atoms with Crippen LogP contribution in [0.3, 0.4) is 0 Å². The predicted octanol–water partition coefficient (Wildman–Crippen LogP) is 1.49. The Morgan fingerprint density at radius 1 is 1.57 bits per heavy atom. The molecule has 0 saturated heterocycles. The number of nitrogens with zero attached hydrogens (tertiary/aromatic N) is 1. The van der Waals surface area contributed by atoms with Crippen LogP contribution in [0.4, 0.5) is 0 Å². The van der Waals surface area contributed by atoms with Gasteiger partial charge >= 0.3 is 0 Å². The second kappa shape index (κ2) is 3.58. The van der Waals surface area contributed by atoms with Crippen LogP contribution in [-0.4, -0.2) is 9.81 Å². The summed E-state index contributed by atoms with van der Waals surface area (Å²) < 4.78 is 1.69. The first-order valence-electron chi connectivity index (χ1n) is 4.57. The van der Waals surface area contributed by atoms with Crippen molar-refractivity contribution in [1.29, 1.82) is 0 Å². The third kappa shape index (κ3) is 1.87. The zero-order valence-corrected chi connectivity index (χ0v) is 8.33. The third-order valence-corrected chi connectivity index (χ3v) is 2.46. The van der Waals surface area contributed by atoms with E-state index in [1.165, 1.54) is 0 Å². The number of carbonyl (C=O) groups is 1. The molecule has 2 rings (SSSR count). The summed E-state index contributed by atoms with van der Waals surface area (Å²) in [5.41, 5.74) is 0.406. The van der Waals surface area contributed by atoms with Crippen LogP contribution < -0.4 is 5.56 Å². The van der Waals surface area contributed by atoms with Crippen LogP contribution in [0.5, 0.6) is 0 Å². The molecule has 1 aromatic rings. The van der Waals surface area contributed by atoms with Gasteiger partial charge in [0.15, 0.2) is 0 Å². The first-order valence-corrected chi connectivity index (χ1v) is 4.94. The molecular weight excluding hydrogens is 202 g/mol. The maximum atomic E-state index is 11.7. The molecular formula is C10H10ClNO2. The number of carbonyl (C=O) groups excluding carboxylic acids is 1. The summed E-state index contributed by atoms with van der Waals surface area (Å²) in [4.78, 5) is 22.4. The third-order valence-electron chi connectivity index (χ3n) is 2.32. The standard InChI is InChI=1S/C10H10ClNO2/c11-9(13)6-7-2-1-5-12(10(7)14)8-3-4-8/h1-2,5,8H,3-4,6H2. The number of aromatic nitrogens is 1. The molecule has 0 bridgehead atoms. The Kier molecular flexibility index (Phi) is 2.42. The van der Waals surface area contributed by atoms with Crippen molar-refractivity contribution in [2.24, 2.45) is 0 Å². The maximum absolute atomic E-state index is 11.7. The SMILES string of the molecule is O=C(Cl)Cc1cccn(C2CC2)c1=O. The minimum absolute atomic E-state index is 0.0218. The number of hydrogen-bond donors (Lipinski definition) is 0. The highest BCUT2D eigenvalue weighted by molar-refractivity contribution is 6.63. The number of hydrogen-bond acceptors (Lipinski definition) is 2. The molecule has 1 aliphatic carbocycles. The molecule has 14 heavy (non-hydrogen) atoms. The van der Waals surface area contributed by atoms with E-state index < -0.39 is 5.24 Å². The lowest BCUT2D eigenvalue weighted by molar-refractivity contribution is -0.111. The molecule has 1 fully saturated rings. The van der Waals surface area contributed by atoms with Crippen molar-refractivity contribution in [2.75, 3.05) is 0 Å². The lowest BCUT2D eigenvalue weighted by atomic mass is 10.2. The lowest BCUT2D eigenvalue weighted by Crippen LogP contribution is -2.22. The van der Waals surface area contributed by atoms with Crippen LogP contribution in [0.15, 0.2) is 23.1 Å². The first kappa shape index (κ1) is 9.46. The fraction of sp³-hybridized carbons (Fsp3) is 0.400. The summed E-state index contributed by atoms with van der Waals surface area (Å²) in [5, 5.41) is -0.490. The van der Waals surface area contributed by atoms with Crippen LogP contribution in [0.2, 0.25) is 0 Å². The second-order valence-corrected chi connectivity index (χ2v) is 3.93. The van der Waals surface area contributed by atoms with Crippen molar-refractivity contribution in [1.82, 2.24) is 4.57 Å². The Morgan fingerprint density at radius 2 is 2.29 bits per heavy atom. The van der Waals surface area contributed by atoms with Gasteiger partial charge in [-0.2, -0.15) is 0 Å². The van der Waals surface area contributed by atoms with Gasteiger partial charge in [0.25, 0.3) is 5.56 Å². The van der Waals surface area contributed by atoms with Crippen LogP contribution in [0.25, 0.3) is 0 Å². The van der Waals surface area contributed by atoms with Gasteiger partial charge in [0, 0.05) is 17.8 Å². The van der Waals surface area contributed by atoms with Crippen LogP contribution >= 0.6 is 11.6 Å². The molecule has 0 spiro atoms. The van der Waals surface area contributed by atoms with E-state index in [2.05, 4.69) is 0 Å². The molecule has 0 aliphatic heterocycles. The molecule has 0 aromatic carbocycles. The lowest BCUT2D eigenvalue weighted by Gasteiger charge is -2.04. The van der Waals surface area contributed by atoms with Gasteiger partial charge in [0.2, 0.25) is 5.24 Å². The minimum atomic E-state index is -0.490. The van der Waals surface area contributed by atoms with Crippen molar-refractivity contribution in [3.05, 3.63) is 34.2 Å². The fourth-order valence-electron chi connectivity index (χ4n) is 1.48. The minimum Gasteiger partial charge on any atom is -0.312 e. The van der Waals surface area contributed by atoms with Crippen molar-refractivity contribution in [2.45, 2.75) is 25.3 Å². The highest BCUT2D eigenvalue weighted by Gasteiger charge is 2.24. The van der Waals surface area contributed by atoms with E-state index in [0.29, 0.717) is 11.6 Å². The predicted molar refractivity (Wildman–Crippen MR) is 53.5 cm³/mol. The van der Waals surface area contributed by atoms with Gasteiger partial charge in [-0.05, 0) is 30.5 Å². The monoisotopic (exact) mass is 211 g/mol. The summed E-state index contributed by atoms with van der Waals surface area (Å²) in [7, 11) is 0. The Bertz CT molecular complexity index is 420. The molecule has 1 heterocycles. The molecule has 0 amide bonds. The summed E-state index contributed by atoms with van der Waals surface area (Å²) in [5.74, 6) is 0. The van der Waals surface area contributed by atoms with Crippen LogP contribution in [-0.2, 0) is 11.2 Å². The van der Waals surface area contributed by atoms with Gasteiger partial charge in [0.05, 0.1) is 6.42 Å². The van der Waals surface area contributed by atoms with E-state index in [1.54, 1.807) is 22.9 Å². The summed E-state index contributed by atoms with van der Waals surface area (Å²) in [6.45, 7) is 0. The Hall–Kier alpha value is -1.09. The van der Waals surface area contributed by atoms with Crippen molar-refractivity contribution in [3.8, 4) is 0 Å². The largest absolute Gasteiger partial charge is 0.312 e. The molecule has 0 atom stereocenters. The molecule has 74 valence electrons. The van der Waals surface area contributed by atoms with Gasteiger partial charge in [-0.15, -0.1) is 0 Å². The van der Waals surface area contributed by atoms with E-state index in [9.17, 15) is 9.59 Å². The van der Waals surface area contributed by atoms with Gasteiger partial charge in [-0.3, -0.25) is 9.59 Å². The van der Waals surface area contributed by atoms with Crippen molar-refractivity contribution >= 4 is 16.8 Å². The zero-order valence-electron chi connectivity index (χ0n) is 7.57. The topological polar surface area (TPSA) is 39.1 Å². The first-order chi connectivity index (χ1) is 6.68. The highest BCUT2D eigenvalue weighted by atomic mass is 35.5. The van der Waals surface area contributed by atoms with E-state index >= 15 is 0 Å². The quantitative estimate of drug-likeness (QED) is 0.711. The van der Waals surface area contributed by atoms with E-state index in [0.717, 1.165) is 12.8 Å². The fourth-order valence-corrected chi connectivity index (χ4v) is 1.63. The molecule has 0 N–H and O–H groups in total. The highest BCUT2D eigenvalue weighted by Crippen LogP contribution is 2.33. The van der Waals surface area contributed by atoms with Gasteiger partial charge in [0.1, 0.15) is 0 Å². The zero-order chi connectivity index (χ0) is 10.1. The molecule has 0 radical (unpaired) electrons. The molecule has 1 saturated carbocycles. The van der Waals surface area contributed by atoms with E-state index in [-0.39, 0.29) is 12.0 Å². The molecule has 4 heteroatoms. The van der Waals surface area contributed by atoms with E-state index in [1.807, 2.05) is 0 Å². The van der Waals surface area contributed by atoms with Gasteiger partial charge in [-0.25, -0.2) is 0 Å². The number of pyridine rings is 1. The number of rotatable bonds is 3. The Balaban J connectivity index is 2.36. The Morgan fingerprint density at radius 3 is 2.86 bits per heavy atom. The van der Waals surface area contributed by atoms with E-state index in [4.69, 9.17) is 11.6 Å². The van der Waals surface area contributed by atoms with Crippen molar-refractivity contribution < 1.29 is 4.79 Å². The average Bonchev–Trinajstić information content (AvgIpc) is 2.91. The van der Waals surface area contributed by atoms with Gasteiger partial charge < -0.3 is 4.57 Å². The van der Waals surface area contributed by atoms with Crippen LogP contribution in [0, 0.1) is 0 Å². The van der Waals surface area contributed by atoms with Crippen LogP contribution in [0.1, 0.15) is 24.4 Å². The van der Waals surface area contributed by atoms with Crippen molar-refractivity contribution in [3.63, 3.8) is 0 Å². The summed E-state index contributed by atoms with van der Waals surface area (Å²) in [6.07, 6.45) is 3.90. The molecule has 0 unspecified atom stereocenters.